The average molecular weight is 203 g/mol. The first kappa shape index (κ1) is 9.31. The van der Waals surface area contributed by atoms with E-state index in [0.29, 0.717) is 0 Å². The van der Waals surface area contributed by atoms with Crippen molar-refractivity contribution in [1.29, 1.82) is 0 Å². The first-order valence-electron chi connectivity index (χ1n) is 5.70. The molecule has 1 saturated heterocycles. The summed E-state index contributed by atoms with van der Waals surface area (Å²) < 4.78 is 0. The number of aromatic nitrogens is 1. The highest BCUT2D eigenvalue weighted by atomic mass is 15.2. The maximum atomic E-state index is 5.70. The van der Waals surface area contributed by atoms with E-state index in [4.69, 9.17) is 5.73 Å². The van der Waals surface area contributed by atoms with Crippen LogP contribution in [-0.2, 0) is 6.54 Å². The van der Waals surface area contributed by atoms with E-state index >= 15 is 0 Å². The second kappa shape index (κ2) is 3.58. The summed E-state index contributed by atoms with van der Waals surface area (Å²) in [7, 11) is 0. The number of piperidine rings is 1. The van der Waals surface area contributed by atoms with Gasteiger partial charge in [-0.05, 0) is 42.0 Å². The molecule has 2 aliphatic rings. The smallest absolute Gasteiger partial charge is 0.0271 e. The molecule has 3 rings (SSSR count). The van der Waals surface area contributed by atoms with E-state index in [9.17, 15) is 0 Å². The maximum Gasteiger partial charge on any atom is 0.0271 e. The molecule has 1 aromatic rings. The molecule has 0 bridgehead atoms. The Morgan fingerprint density at radius 2 is 1.93 bits per heavy atom. The quantitative estimate of drug-likeness (QED) is 0.787. The molecule has 2 heterocycles. The Kier molecular flexibility index (Phi) is 2.22. The molecular weight excluding hydrogens is 186 g/mol. The van der Waals surface area contributed by atoms with Crippen LogP contribution in [0.25, 0.3) is 0 Å². The molecule has 2 unspecified atom stereocenters. The summed E-state index contributed by atoms with van der Waals surface area (Å²) in [6.45, 7) is 4.45. The van der Waals surface area contributed by atoms with Crippen molar-refractivity contribution in [3.63, 3.8) is 0 Å². The van der Waals surface area contributed by atoms with Crippen LogP contribution < -0.4 is 5.73 Å². The molecule has 1 aliphatic heterocycles. The lowest BCUT2D eigenvalue weighted by Gasteiger charge is -2.18. The van der Waals surface area contributed by atoms with Crippen LogP contribution in [0.15, 0.2) is 24.5 Å². The predicted molar refractivity (Wildman–Crippen MR) is 59.0 cm³/mol. The van der Waals surface area contributed by atoms with E-state index in [1.54, 1.807) is 0 Å². The summed E-state index contributed by atoms with van der Waals surface area (Å²) in [5.74, 6) is 2.63. The Hall–Kier alpha value is -0.930. The third-order valence-electron chi connectivity index (χ3n) is 3.87. The zero-order chi connectivity index (χ0) is 10.3. The number of nitrogens with zero attached hydrogens (tertiary/aromatic N) is 2. The maximum absolute atomic E-state index is 5.70. The number of likely N-dealkylation sites (tertiary alicyclic amines) is 1. The number of hydrogen-bond acceptors (Lipinski definition) is 3. The van der Waals surface area contributed by atoms with Gasteiger partial charge in [-0.1, -0.05) is 0 Å². The Labute approximate surface area is 90.3 Å². The molecule has 3 heteroatoms. The highest BCUT2D eigenvalue weighted by Gasteiger charge is 2.54. The zero-order valence-electron chi connectivity index (χ0n) is 8.84. The van der Waals surface area contributed by atoms with Gasteiger partial charge >= 0.3 is 0 Å². The molecule has 0 aromatic carbocycles. The number of nitrogens with two attached hydrogens (primary N) is 1. The Bertz CT molecular complexity index is 326. The zero-order valence-corrected chi connectivity index (χ0v) is 8.84. The number of hydrogen-bond donors (Lipinski definition) is 1. The summed E-state index contributed by atoms with van der Waals surface area (Å²) in [4.78, 5) is 6.57. The molecule has 1 saturated carbocycles. The van der Waals surface area contributed by atoms with Crippen LogP contribution >= 0.6 is 0 Å². The number of fused-ring (bicyclic) bond motifs is 1. The molecule has 3 nitrogen and oxygen atoms in total. The van der Waals surface area contributed by atoms with Gasteiger partial charge in [0.25, 0.3) is 0 Å². The summed E-state index contributed by atoms with van der Waals surface area (Å²) in [5.41, 5.74) is 7.07. The largest absolute Gasteiger partial charge is 0.330 e. The molecule has 1 aliphatic carbocycles. The molecule has 80 valence electrons. The Morgan fingerprint density at radius 3 is 2.53 bits per heavy atom. The van der Waals surface area contributed by atoms with Crippen molar-refractivity contribution in [2.75, 3.05) is 19.6 Å². The molecule has 1 aromatic heterocycles. The van der Waals surface area contributed by atoms with Crippen LogP contribution in [-0.4, -0.2) is 29.5 Å². The van der Waals surface area contributed by atoms with Crippen LogP contribution in [0.1, 0.15) is 5.56 Å². The lowest BCUT2D eigenvalue weighted by Crippen LogP contribution is -2.25. The molecule has 0 radical (unpaired) electrons. The number of pyridine rings is 1. The van der Waals surface area contributed by atoms with Gasteiger partial charge in [0.2, 0.25) is 0 Å². The summed E-state index contributed by atoms with van der Waals surface area (Å²) in [5, 5.41) is 0. The van der Waals surface area contributed by atoms with Gasteiger partial charge in [0.1, 0.15) is 0 Å². The fourth-order valence-corrected chi connectivity index (χ4v) is 2.96. The highest BCUT2D eigenvalue weighted by molar-refractivity contribution is 5.12. The number of rotatable bonds is 3. The normalized spacial score (nSPS) is 34.1. The lowest BCUT2D eigenvalue weighted by molar-refractivity contribution is 0.279. The van der Waals surface area contributed by atoms with Crippen molar-refractivity contribution in [3.05, 3.63) is 30.1 Å². The second-order valence-corrected chi connectivity index (χ2v) is 4.78. The first-order chi connectivity index (χ1) is 7.38. The first-order valence-corrected chi connectivity index (χ1v) is 5.70. The molecule has 0 amide bonds. The molecule has 2 fully saturated rings. The van der Waals surface area contributed by atoms with Crippen LogP contribution in [0, 0.1) is 17.8 Å². The van der Waals surface area contributed by atoms with Gasteiger partial charge in [-0.15, -0.1) is 0 Å². The van der Waals surface area contributed by atoms with E-state index in [2.05, 4.69) is 22.0 Å². The highest BCUT2D eigenvalue weighted by Crippen LogP contribution is 2.51. The average Bonchev–Trinajstić information content (AvgIpc) is 2.75. The monoisotopic (exact) mass is 203 g/mol. The lowest BCUT2D eigenvalue weighted by atomic mass is 10.2. The SMILES string of the molecule is NCC1C2CN(Cc3ccncc3)CC12. The van der Waals surface area contributed by atoms with Crippen LogP contribution in [0.4, 0.5) is 0 Å². The van der Waals surface area contributed by atoms with Crippen LogP contribution in [0.3, 0.4) is 0 Å². The molecule has 0 spiro atoms. The third-order valence-corrected chi connectivity index (χ3v) is 3.87. The summed E-state index contributed by atoms with van der Waals surface area (Å²) in [6, 6.07) is 4.20. The third kappa shape index (κ3) is 1.66. The minimum Gasteiger partial charge on any atom is -0.330 e. The fraction of sp³-hybridized carbons (Fsp3) is 0.583. The predicted octanol–water partition coefficient (Wildman–Crippen LogP) is 0.718. The minimum absolute atomic E-state index is 0.832. The molecule has 2 atom stereocenters. The summed E-state index contributed by atoms with van der Waals surface area (Å²) in [6.07, 6.45) is 3.74. The van der Waals surface area contributed by atoms with Crippen molar-refractivity contribution >= 4 is 0 Å². The van der Waals surface area contributed by atoms with E-state index < -0.39 is 0 Å². The fourth-order valence-electron chi connectivity index (χ4n) is 2.96. The van der Waals surface area contributed by atoms with E-state index in [-0.39, 0.29) is 0 Å². The standard InChI is InChI=1S/C12H17N3/c13-5-10-11-7-15(8-12(10)11)6-9-1-3-14-4-2-9/h1-4,10-12H,5-8,13H2. The Morgan fingerprint density at radius 1 is 1.27 bits per heavy atom. The van der Waals surface area contributed by atoms with Gasteiger partial charge in [-0.25, -0.2) is 0 Å². The Balaban J connectivity index is 1.56. The minimum atomic E-state index is 0.832. The van der Waals surface area contributed by atoms with Gasteiger partial charge < -0.3 is 5.73 Å². The van der Waals surface area contributed by atoms with Crippen molar-refractivity contribution in [2.45, 2.75) is 6.54 Å². The van der Waals surface area contributed by atoms with Crippen LogP contribution in [0.2, 0.25) is 0 Å². The van der Waals surface area contributed by atoms with Gasteiger partial charge in [0, 0.05) is 32.0 Å². The molecule has 15 heavy (non-hydrogen) atoms. The summed E-state index contributed by atoms with van der Waals surface area (Å²) >= 11 is 0. The van der Waals surface area contributed by atoms with Crippen LogP contribution in [0.5, 0.6) is 0 Å². The van der Waals surface area contributed by atoms with Gasteiger partial charge in [-0.3, -0.25) is 9.88 Å². The van der Waals surface area contributed by atoms with Crippen molar-refractivity contribution < 1.29 is 0 Å². The van der Waals surface area contributed by atoms with Gasteiger partial charge in [0.15, 0.2) is 0 Å². The second-order valence-electron chi connectivity index (χ2n) is 4.78. The van der Waals surface area contributed by atoms with Gasteiger partial charge in [-0.2, -0.15) is 0 Å². The molecule has 2 N–H and O–H groups in total. The van der Waals surface area contributed by atoms with E-state index in [0.717, 1.165) is 30.8 Å². The topological polar surface area (TPSA) is 42.1 Å². The molecular formula is C12H17N3. The van der Waals surface area contributed by atoms with Crippen molar-refractivity contribution in [2.24, 2.45) is 23.5 Å². The van der Waals surface area contributed by atoms with Gasteiger partial charge in [0.05, 0.1) is 0 Å². The van der Waals surface area contributed by atoms with Crippen molar-refractivity contribution in [1.82, 2.24) is 9.88 Å². The van der Waals surface area contributed by atoms with Crippen molar-refractivity contribution in [3.8, 4) is 0 Å². The van der Waals surface area contributed by atoms with E-state index in [1.165, 1.54) is 18.7 Å². The van der Waals surface area contributed by atoms with E-state index in [1.807, 2.05) is 12.4 Å².